The Morgan fingerprint density at radius 3 is 2.78 bits per heavy atom. The van der Waals surface area contributed by atoms with Crippen LogP contribution in [0.2, 0.25) is 0 Å². The van der Waals surface area contributed by atoms with E-state index in [0.717, 1.165) is 38.5 Å². The summed E-state index contributed by atoms with van der Waals surface area (Å²) in [7, 11) is 0. The van der Waals surface area contributed by atoms with Crippen LogP contribution in [0.4, 0.5) is 0 Å². The molecule has 1 heterocycles. The van der Waals surface area contributed by atoms with Crippen LogP contribution >= 0.6 is 0 Å². The van der Waals surface area contributed by atoms with E-state index in [4.69, 9.17) is 9.47 Å². The van der Waals surface area contributed by atoms with Crippen LogP contribution in [0.15, 0.2) is 0 Å². The summed E-state index contributed by atoms with van der Waals surface area (Å²) >= 11 is 0. The Kier molecular flexibility index (Phi) is 5.32. The predicted octanol–water partition coefficient (Wildman–Crippen LogP) is 2.25. The first-order valence-electron chi connectivity index (χ1n) is 7.06. The van der Waals surface area contributed by atoms with Gasteiger partial charge in [-0.1, -0.05) is 12.8 Å². The van der Waals surface area contributed by atoms with Crippen LogP contribution in [-0.4, -0.2) is 31.1 Å². The number of Topliss-reactive ketones (excluding diaryl/α,β-unsaturated/α-hetero) is 2. The van der Waals surface area contributed by atoms with Gasteiger partial charge in [-0.05, 0) is 32.1 Å². The van der Waals surface area contributed by atoms with E-state index in [1.807, 2.05) is 0 Å². The fourth-order valence-corrected chi connectivity index (χ4v) is 2.62. The lowest BCUT2D eigenvalue weighted by Crippen LogP contribution is -2.30. The zero-order chi connectivity index (χ0) is 12.8. The van der Waals surface area contributed by atoms with Crippen LogP contribution in [0.5, 0.6) is 0 Å². The number of rotatable bonds is 4. The molecule has 2 rings (SSSR count). The molecular formula is C14H22O4. The second-order valence-electron chi connectivity index (χ2n) is 5.19. The average molecular weight is 254 g/mol. The highest BCUT2D eigenvalue weighted by Crippen LogP contribution is 2.21. The first-order valence-corrected chi connectivity index (χ1v) is 7.06. The van der Waals surface area contributed by atoms with Gasteiger partial charge in [0.15, 0.2) is 12.1 Å². The van der Waals surface area contributed by atoms with Crippen LogP contribution in [-0.2, 0) is 19.1 Å². The Labute approximate surface area is 108 Å². The standard InChI is InChI=1S/C14H22O4/c15-12-7-3-1-2-6-11(12)13(16)10-18-14-8-4-5-9-17-14/h11,14H,1-10H2/t11-,14-/m0/s1. The number of ether oxygens (including phenoxy) is 2. The fraction of sp³-hybridized carbons (Fsp3) is 0.857. The van der Waals surface area contributed by atoms with Gasteiger partial charge in [0.1, 0.15) is 12.4 Å². The molecule has 1 saturated carbocycles. The first-order chi connectivity index (χ1) is 8.77. The van der Waals surface area contributed by atoms with E-state index in [1.165, 1.54) is 0 Å². The molecule has 0 aromatic carbocycles. The van der Waals surface area contributed by atoms with E-state index in [1.54, 1.807) is 0 Å². The largest absolute Gasteiger partial charge is 0.353 e. The van der Waals surface area contributed by atoms with E-state index < -0.39 is 5.92 Å². The third-order valence-electron chi connectivity index (χ3n) is 3.74. The summed E-state index contributed by atoms with van der Waals surface area (Å²) in [6.45, 7) is 0.738. The molecule has 0 amide bonds. The van der Waals surface area contributed by atoms with Crippen molar-refractivity contribution in [2.75, 3.05) is 13.2 Å². The molecule has 0 bridgehead atoms. The SMILES string of the molecule is O=C1CCCCC[C@@H]1C(=O)CO[C@H]1CCCCO1. The highest BCUT2D eigenvalue weighted by atomic mass is 16.7. The molecule has 4 nitrogen and oxygen atoms in total. The lowest BCUT2D eigenvalue weighted by Gasteiger charge is -2.23. The van der Waals surface area contributed by atoms with Crippen LogP contribution in [0.1, 0.15) is 51.4 Å². The van der Waals surface area contributed by atoms with Gasteiger partial charge < -0.3 is 9.47 Å². The number of hydrogen-bond acceptors (Lipinski definition) is 4. The molecule has 1 aliphatic carbocycles. The van der Waals surface area contributed by atoms with Crippen molar-refractivity contribution in [3.05, 3.63) is 0 Å². The van der Waals surface area contributed by atoms with E-state index >= 15 is 0 Å². The van der Waals surface area contributed by atoms with Crippen molar-refractivity contribution in [2.45, 2.75) is 57.7 Å². The minimum atomic E-state index is -0.420. The Morgan fingerprint density at radius 2 is 2.00 bits per heavy atom. The van der Waals surface area contributed by atoms with Crippen molar-refractivity contribution >= 4 is 11.6 Å². The third kappa shape index (κ3) is 3.89. The first kappa shape index (κ1) is 13.7. The summed E-state index contributed by atoms with van der Waals surface area (Å²) < 4.78 is 10.9. The normalized spacial score (nSPS) is 29.9. The molecule has 0 spiro atoms. The monoisotopic (exact) mass is 254 g/mol. The number of carbonyl (C=O) groups excluding carboxylic acids is 2. The molecule has 18 heavy (non-hydrogen) atoms. The average Bonchev–Trinajstić information content (AvgIpc) is 2.62. The Hall–Kier alpha value is -0.740. The zero-order valence-electron chi connectivity index (χ0n) is 10.9. The lowest BCUT2D eigenvalue weighted by atomic mass is 9.94. The molecule has 0 aromatic heterocycles. The van der Waals surface area contributed by atoms with E-state index in [-0.39, 0.29) is 24.5 Å². The molecule has 0 aromatic rings. The van der Waals surface area contributed by atoms with Gasteiger partial charge in [-0.25, -0.2) is 0 Å². The highest BCUT2D eigenvalue weighted by Gasteiger charge is 2.28. The number of ketones is 2. The van der Waals surface area contributed by atoms with Gasteiger partial charge >= 0.3 is 0 Å². The van der Waals surface area contributed by atoms with Gasteiger partial charge in [0.05, 0.1) is 5.92 Å². The van der Waals surface area contributed by atoms with E-state index in [0.29, 0.717) is 19.4 Å². The second-order valence-corrected chi connectivity index (χ2v) is 5.19. The zero-order valence-corrected chi connectivity index (χ0v) is 10.9. The quantitative estimate of drug-likeness (QED) is 0.570. The summed E-state index contributed by atoms with van der Waals surface area (Å²) in [6, 6.07) is 0. The lowest BCUT2D eigenvalue weighted by molar-refractivity contribution is -0.171. The highest BCUT2D eigenvalue weighted by molar-refractivity contribution is 6.03. The van der Waals surface area contributed by atoms with Crippen molar-refractivity contribution in [1.82, 2.24) is 0 Å². The molecule has 0 radical (unpaired) electrons. The molecule has 0 unspecified atom stereocenters. The molecule has 4 heteroatoms. The molecule has 2 aliphatic rings. The maximum absolute atomic E-state index is 12.0. The fourth-order valence-electron chi connectivity index (χ4n) is 2.62. The number of hydrogen-bond donors (Lipinski definition) is 0. The van der Waals surface area contributed by atoms with Gasteiger partial charge in [0, 0.05) is 13.0 Å². The predicted molar refractivity (Wildman–Crippen MR) is 66.1 cm³/mol. The maximum Gasteiger partial charge on any atom is 0.169 e. The van der Waals surface area contributed by atoms with Crippen molar-refractivity contribution in [2.24, 2.45) is 5.92 Å². The molecule has 0 N–H and O–H groups in total. The van der Waals surface area contributed by atoms with Crippen LogP contribution < -0.4 is 0 Å². The molecule has 2 atom stereocenters. The minimum absolute atomic E-state index is 0.0288. The van der Waals surface area contributed by atoms with Crippen molar-refractivity contribution in [3.63, 3.8) is 0 Å². The van der Waals surface area contributed by atoms with Crippen molar-refractivity contribution in [1.29, 1.82) is 0 Å². The third-order valence-corrected chi connectivity index (χ3v) is 3.74. The Bertz CT molecular complexity index is 294. The van der Waals surface area contributed by atoms with Crippen LogP contribution in [0, 0.1) is 5.92 Å². The Balaban J connectivity index is 1.77. The summed E-state index contributed by atoms with van der Waals surface area (Å²) in [5.74, 6) is -0.377. The van der Waals surface area contributed by atoms with Gasteiger partial charge in [-0.2, -0.15) is 0 Å². The second kappa shape index (κ2) is 7.00. The van der Waals surface area contributed by atoms with E-state index in [9.17, 15) is 9.59 Å². The molecule has 102 valence electrons. The minimum Gasteiger partial charge on any atom is -0.353 e. The van der Waals surface area contributed by atoms with Gasteiger partial charge in [-0.3, -0.25) is 9.59 Å². The smallest absolute Gasteiger partial charge is 0.169 e. The van der Waals surface area contributed by atoms with Gasteiger partial charge in [-0.15, -0.1) is 0 Å². The van der Waals surface area contributed by atoms with Crippen molar-refractivity contribution in [3.8, 4) is 0 Å². The Morgan fingerprint density at radius 1 is 1.17 bits per heavy atom. The van der Waals surface area contributed by atoms with Crippen LogP contribution in [0.25, 0.3) is 0 Å². The van der Waals surface area contributed by atoms with Gasteiger partial charge in [0.2, 0.25) is 0 Å². The summed E-state index contributed by atoms with van der Waals surface area (Å²) in [6.07, 6.45) is 6.97. The molecule has 2 fully saturated rings. The molecule has 1 saturated heterocycles. The van der Waals surface area contributed by atoms with Crippen LogP contribution in [0.3, 0.4) is 0 Å². The van der Waals surface area contributed by atoms with Gasteiger partial charge in [0.25, 0.3) is 0 Å². The maximum atomic E-state index is 12.0. The summed E-state index contributed by atoms with van der Waals surface area (Å²) in [5, 5.41) is 0. The summed E-state index contributed by atoms with van der Waals surface area (Å²) in [4.78, 5) is 23.8. The molecule has 1 aliphatic heterocycles. The van der Waals surface area contributed by atoms with E-state index in [2.05, 4.69) is 0 Å². The topological polar surface area (TPSA) is 52.6 Å². The number of carbonyl (C=O) groups is 2. The molecular weight excluding hydrogens is 232 g/mol. The van der Waals surface area contributed by atoms with Crippen molar-refractivity contribution < 1.29 is 19.1 Å². The summed E-state index contributed by atoms with van der Waals surface area (Å²) in [5.41, 5.74) is 0.